The Hall–Kier alpha value is -1.46. The number of ether oxygens (including phenoxy) is 1. The molecule has 0 aliphatic carbocycles. The molecule has 0 bridgehead atoms. The van der Waals surface area contributed by atoms with Crippen molar-refractivity contribution in [1.82, 2.24) is 4.98 Å². The summed E-state index contributed by atoms with van der Waals surface area (Å²) in [6, 6.07) is 8.01. The molecule has 0 amide bonds. The van der Waals surface area contributed by atoms with E-state index in [4.69, 9.17) is 10.5 Å². The van der Waals surface area contributed by atoms with Crippen LogP contribution in [0.5, 0.6) is 5.75 Å². The van der Waals surface area contributed by atoms with Gasteiger partial charge in [-0.05, 0) is 42.8 Å². The van der Waals surface area contributed by atoms with E-state index in [1.165, 1.54) is 6.07 Å². The Balaban J connectivity index is 2.27. The predicted molar refractivity (Wildman–Crippen MR) is 75.4 cm³/mol. The highest BCUT2D eigenvalue weighted by atomic mass is 79.9. The first-order valence-corrected chi connectivity index (χ1v) is 6.64. The standard InChI is InChI=1S/C14H14BrFN2O/c1-9(17)14(10-4-6-18-7-5-10)19-13-3-2-11(15)8-12(13)16/h2-9,14H,17H2,1H3. The second-order valence-corrected chi connectivity index (χ2v) is 5.17. The number of rotatable bonds is 4. The van der Waals surface area contributed by atoms with Crippen LogP contribution in [0.15, 0.2) is 47.2 Å². The van der Waals surface area contributed by atoms with Gasteiger partial charge < -0.3 is 10.5 Å². The average Bonchev–Trinajstić information content (AvgIpc) is 2.38. The maximum atomic E-state index is 13.8. The normalized spacial score (nSPS) is 13.9. The molecule has 0 saturated carbocycles. The van der Waals surface area contributed by atoms with Gasteiger partial charge in [-0.2, -0.15) is 0 Å². The van der Waals surface area contributed by atoms with Gasteiger partial charge in [-0.15, -0.1) is 0 Å². The van der Waals surface area contributed by atoms with Gasteiger partial charge in [0.25, 0.3) is 0 Å². The number of halogens is 2. The van der Waals surface area contributed by atoms with Crippen LogP contribution in [0.3, 0.4) is 0 Å². The number of nitrogens with two attached hydrogens (primary N) is 1. The number of benzene rings is 1. The highest BCUT2D eigenvalue weighted by Gasteiger charge is 2.19. The van der Waals surface area contributed by atoms with Gasteiger partial charge in [0, 0.05) is 22.9 Å². The molecule has 0 aliphatic heterocycles. The van der Waals surface area contributed by atoms with Crippen molar-refractivity contribution in [2.24, 2.45) is 5.73 Å². The summed E-state index contributed by atoms with van der Waals surface area (Å²) in [5.74, 6) is -0.239. The maximum Gasteiger partial charge on any atom is 0.166 e. The van der Waals surface area contributed by atoms with Crippen molar-refractivity contribution in [3.8, 4) is 5.75 Å². The van der Waals surface area contributed by atoms with Crippen LogP contribution in [0.1, 0.15) is 18.6 Å². The van der Waals surface area contributed by atoms with Gasteiger partial charge >= 0.3 is 0 Å². The van der Waals surface area contributed by atoms with Crippen LogP contribution in [0, 0.1) is 5.82 Å². The molecule has 1 aromatic carbocycles. The highest BCUT2D eigenvalue weighted by molar-refractivity contribution is 9.10. The van der Waals surface area contributed by atoms with Gasteiger partial charge in [-0.25, -0.2) is 4.39 Å². The lowest BCUT2D eigenvalue weighted by Gasteiger charge is -2.23. The minimum absolute atomic E-state index is 0.183. The molecule has 1 aromatic heterocycles. The van der Waals surface area contributed by atoms with Gasteiger partial charge in [0.1, 0.15) is 6.10 Å². The van der Waals surface area contributed by atoms with E-state index in [-0.39, 0.29) is 11.8 Å². The smallest absolute Gasteiger partial charge is 0.166 e. The maximum absolute atomic E-state index is 13.8. The van der Waals surface area contributed by atoms with Crippen LogP contribution in [0.2, 0.25) is 0 Å². The predicted octanol–water partition coefficient (Wildman–Crippen LogP) is 3.45. The highest BCUT2D eigenvalue weighted by Crippen LogP contribution is 2.28. The fourth-order valence-corrected chi connectivity index (χ4v) is 2.07. The number of nitrogens with zero attached hydrogens (tertiary/aromatic N) is 1. The largest absolute Gasteiger partial charge is 0.481 e. The SMILES string of the molecule is CC(N)C(Oc1ccc(Br)cc1F)c1ccncc1. The van der Waals surface area contributed by atoms with E-state index >= 15 is 0 Å². The lowest BCUT2D eigenvalue weighted by atomic mass is 10.1. The molecule has 2 aromatic rings. The van der Waals surface area contributed by atoms with Gasteiger partial charge in [0.15, 0.2) is 11.6 Å². The van der Waals surface area contributed by atoms with Gasteiger partial charge in [0.2, 0.25) is 0 Å². The van der Waals surface area contributed by atoms with E-state index in [0.717, 1.165) is 5.56 Å². The van der Waals surface area contributed by atoms with Crippen LogP contribution in [-0.2, 0) is 0 Å². The van der Waals surface area contributed by atoms with E-state index in [0.29, 0.717) is 4.47 Å². The van der Waals surface area contributed by atoms with Gasteiger partial charge in [-0.3, -0.25) is 4.98 Å². The monoisotopic (exact) mass is 324 g/mol. The molecule has 2 unspecified atom stereocenters. The molecule has 19 heavy (non-hydrogen) atoms. The minimum atomic E-state index is -0.422. The number of hydrogen-bond acceptors (Lipinski definition) is 3. The lowest BCUT2D eigenvalue weighted by molar-refractivity contribution is 0.172. The van der Waals surface area contributed by atoms with E-state index < -0.39 is 11.9 Å². The molecule has 0 radical (unpaired) electrons. The fourth-order valence-electron chi connectivity index (χ4n) is 1.74. The molecule has 2 N–H and O–H groups in total. The third-order valence-electron chi connectivity index (χ3n) is 2.66. The number of hydrogen-bond donors (Lipinski definition) is 1. The first-order valence-electron chi connectivity index (χ1n) is 5.85. The van der Waals surface area contributed by atoms with Crippen molar-refractivity contribution in [2.75, 3.05) is 0 Å². The Labute approximate surface area is 119 Å². The lowest BCUT2D eigenvalue weighted by Crippen LogP contribution is -2.29. The van der Waals surface area contributed by atoms with E-state index in [2.05, 4.69) is 20.9 Å². The van der Waals surface area contributed by atoms with Crippen LogP contribution in [-0.4, -0.2) is 11.0 Å². The Morgan fingerprint density at radius 2 is 1.95 bits per heavy atom. The Morgan fingerprint density at radius 3 is 2.53 bits per heavy atom. The quantitative estimate of drug-likeness (QED) is 0.937. The number of aromatic nitrogens is 1. The molecule has 100 valence electrons. The van der Waals surface area contributed by atoms with Crippen molar-refractivity contribution in [2.45, 2.75) is 19.1 Å². The van der Waals surface area contributed by atoms with Crippen molar-refractivity contribution in [3.63, 3.8) is 0 Å². The molecule has 3 nitrogen and oxygen atoms in total. The van der Waals surface area contributed by atoms with Crippen molar-refractivity contribution in [3.05, 3.63) is 58.6 Å². The van der Waals surface area contributed by atoms with E-state index in [1.54, 1.807) is 24.5 Å². The second-order valence-electron chi connectivity index (χ2n) is 4.25. The van der Waals surface area contributed by atoms with Crippen LogP contribution < -0.4 is 10.5 Å². The minimum Gasteiger partial charge on any atom is -0.481 e. The van der Waals surface area contributed by atoms with Crippen molar-refractivity contribution < 1.29 is 9.13 Å². The molecular formula is C14H14BrFN2O. The summed E-state index contributed by atoms with van der Waals surface area (Å²) >= 11 is 3.21. The number of pyridine rings is 1. The summed E-state index contributed by atoms with van der Waals surface area (Å²) in [5, 5.41) is 0. The molecule has 2 rings (SSSR count). The zero-order valence-electron chi connectivity index (χ0n) is 10.4. The zero-order valence-corrected chi connectivity index (χ0v) is 12.0. The summed E-state index contributed by atoms with van der Waals surface area (Å²) in [6.07, 6.45) is 2.90. The molecular weight excluding hydrogens is 311 g/mol. The fraction of sp³-hybridized carbons (Fsp3) is 0.214. The molecule has 0 aliphatic rings. The van der Waals surface area contributed by atoms with Crippen molar-refractivity contribution >= 4 is 15.9 Å². The second kappa shape index (κ2) is 6.12. The molecule has 5 heteroatoms. The molecule has 0 fully saturated rings. The summed E-state index contributed by atoms with van der Waals surface area (Å²) in [6.45, 7) is 1.82. The summed E-state index contributed by atoms with van der Waals surface area (Å²) in [4.78, 5) is 3.95. The van der Waals surface area contributed by atoms with Crippen LogP contribution in [0.4, 0.5) is 4.39 Å². The molecule has 2 atom stereocenters. The van der Waals surface area contributed by atoms with E-state index in [9.17, 15) is 4.39 Å². The first kappa shape index (κ1) is 14.0. The van der Waals surface area contributed by atoms with Crippen LogP contribution >= 0.6 is 15.9 Å². The average molecular weight is 325 g/mol. The van der Waals surface area contributed by atoms with Crippen LogP contribution in [0.25, 0.3) is 0 Å². The molecule has 0 saturated heterocycles. The Morgan fingerprint density at radius 1 is 1.26 bits per heavy atom. The Kier molecular flexibility index (Phi) is 4.50. The summed E-state index contributed by atoms with van der Waals surface area (Å²) < 4.78 is 20.1. The van der Waals surface area contributed by atoms with Gasteiger partial charge in [-0.1, -0.05) is 15.9 Å². The zero-order chi connectivity index (χ0) is 13.8. The third-order valence-corrected chi connectivity index (χ3v) is 3.15. The Bertz CT molecular complexity index is 548. The topological polar surface area (TPSA) is 48.1 Å². The van der Waals surface area contributed by atoms with E-state index in [1.807, 2.05) is 19.1 Å². The van der Waals surface area contributed by atoms with Gasteiger partial charge in [0.05, 0.1) is 0 Å². The van der Waals surface area contributed by atoms with Crippen molar-refractivity contribution in [1.29, 1.82) is 0 Å². The first-order chi connectivity index (χ1) is 9.08. The summed E-state index contributed by atoms with van der Waals surface area (Å²) in [5.41, 5.74) is 6.79. The molecule has 0 spiro atoms. The third kappa shape index (κ3) is 3.52. The molecule has 1 heterocycles. The summed E-state index contributed by atoms with van der Waals surface area (Å²) in [7, 11) is 0.